The van der Waals surface area contributed by atoms with Crippen molar-refractivity contribution in [1.82, 2.24) is 9.97 Å². The number of sulfonamides is 1. The van der Waals surface area contributed by atoms with Gasteiger partial charge >= 0.3 is 5.69 Å². The van der Waals surface area contributed by atoms with Gasteiger partial charge in [-0.25, -0.2) is 13.2 Å². The summed E-state index contributed by atoms with van der Waals surface area (Å²) in [4.78, 5) is 25.7. The Morgan fingerprint density at radius 3 is 2.62 bits per heavy atom. The van der Waals surface area contributed by atoms with E-state index in [0.29, 0.717) is 0 Å². The number of halogens is 1. The molecule has 0 aliphatic rings. The van der Waals surface area contributed by atoms with E-state index in [1.807, 2.05) is 4.98 Å². The minimum absolute atomic E-state index is 0.0654. The van der Waals surface area contributed by atoms with Gasteiger partial charge in [0, 0.05) is 11.2 Å². The van der Waals surface area contributed by atoms with Crippen LogP contribution in [0.4, 0.5) is 5.69 Å². The van der Waals surface area contributed by atoms with Crippen LogP contribution >= 0.6 is 11.6 Å². The molecule has 8 nitrogen and oxygen atoms in total. The van der Waals surface area contributed by atoms with Gasteiger partial charge in [-0.3, -0.25) is 14.5 Å². The molecule has 1 heterocycles. The number of aromatic nitrogens is 2. The predicted octanol–water partition coefficient (Wildman–Crippen LogP) is 0.526. The zero-order valence-corrected chi connectivity index (χ0v) is 12.2. The van der Waals surface area contributed by atoms with Gasteiger partial charge in [-0.1, -0.05) is 11.6 Å². The smallest absolute Gasteiger partial charge is 0.325 e. The van der Waals surface area contributed by atoms with Gasteiger partial charge in [0.25, 0.3) is 15.6 Å². The molecular weight excluding hydrogens is 322 g/mol. The standard InChI is InChI=1S/C11H10ClN3O5S/c1-20-8-3-2-6(12)4-7(8)15-21(18,19)9-5-13-11(17)14-10(9)16/h2-5,15H,1H3,(H2,13,14,16,17). The molecule has 10 heteroatoms. The molecule has 0 unspecified atom stereocenters. The molecule has 0 atom stereocenters. The van der Waals surface area contributed by atoms with Crippen LogP contribution in [0.15, 0.2) is 38.9 Å². The maximum Gasteiger partial charge on any atom is 0.325 e. The van der Waals surface area contributed by atoms with Crippen LogP contribution in [0.25, 0.3) is 0 Å². The molecule has 1 aromatic carbocycles. The lowest BCUT2D eigenvalue weighted by Crippen LogP contribution is -2.29. The van der Waals surface area contributed by atoms with Gasteiger partial charge in [-0.05, 0) is 18.2 Å². The summed E-state index contributed by atoms with van der Waals surface area (Å²) >= 11 is 5.79. The van der Waals surface area contributed by atoms with Gasteiger partial charge in [0.05, 0.1) is 12.8 Å². The number of nitrogens with one attached hydrogen (secondary N) is 3. The number of H-pyrrole nitrogens is 2. The minimum Gasteiger partial charge on any atom is -0.495 e. The van der Waals surface area contributed by atoms with E-state index in [-0.39, 0.29) is 16.5 Å². The molecule has 2 aromatic rings. The topological polar surface area (TPSA) is 121 Å². The van der Waals surface area contributed by atoms with Gasteiger partial charge in [-0.15, -0.1) is 0 Å². The highest BCUT2D eigenvalue weighted by Crippen LogP contribution is 2.29. The van der Waals surface area contributed by atoms with Crippen molar-refractivity contribution < 1.29 is 13.2 Å². The maximum absolute atomic E-state index is 12.2. The van der Waals surface area contributed by atoms with Crippen LogP contribution in [0, 0.1) is 0 Å². The van der Waals surface area contributed by atoms with Crippen LogP contribution < -0.4 is 20.7 Å². The van der Waals surface area contributed by atoms with E-state index in [1.165, 1.54) is 25.3 Å². The monoisotopic (exact) mass is 331 g/mol. The SMILES string of the molecule is COc1ccc(Cl)cc1NS(=O)(=O)c1c[nH]c(=O)[nH]c1=O. The average Bonchev–Trinajstić information content (AvgIpc) is 2.37. The largest absolute Gasteiger partial charge is 0.495 e. The Hall–Kier alpha value is -2.26. The van der Waals surface area contributed by atoms with Crippen LogP contribution in [-0.4, -0.2) is 25.5 Å². The first-order valence-electron chi connectivity index (χ1n) is 5.52. The van der Waals surface area contributed by atoms with Crippen molar-refractivity contribution >= 4 is 27.3 Å². The summed E-state index contributed by atoms with van der Waals surface area (Å²) in [5, 5.41) is 0.281. The first-order chi connectivity index (χ1) is 9.83. The molecule has 0 fully saturated rings. The van der Waals surface area contributed by atoms with E-state index in [0.717, 1.165) is 6.20 Å². The first kappa shape index (κ1) is 15.1. The van der Waals surface area contributed by atoms with E-state index in [9.17, 15) is 18.0 Å². The van der Waals surface area contributed by atoms with Gasteiger partial charge in [0.15, 0.2) is 4.90 Å². The van der Waals surface area contributed by atoms with E-state index >= 15 is 0 Å². The lowest BCUT2D eigenvalue weighted by atomic mass is 10.3. The number of anilines is 1. The molecule has 0 amide bonds. The van der Waals surface area contributed by atoms with Crippen LogP contribution in [0.2, 0.25) is 5.02 Å². The fraction of sp³-hybridized carbons (Fsp3) is 0.0909. The molecule has 3 N–H and O–H groups in total. The van der Waals surface area contributed by atoms with E-state index < -0.39 is 26.2 Å². The molecule has 2 rings (SSSR count). The molecular formula is C11H10ClN3O5S. The van der Waals surface area contributed by atoms with Gasteiger partial charge in [0.2, 0.25) is 0 Å². The second kappa shape index (κ2) is 5.62. The Labute approximate surface area is 123 Å². The minimum atomic E-state index is -4.21. The predicted molar refractivity (Wildman–Crippen MR) is 76.5 cm³/mol. The Morgan fingerprint density at radius 1 is 1.29 bits per heavy atom. The summed E-state index contributed by atoms with van der Waals surface area (Å²) in [6.07, 6.45) is 0.806. The third-order valence-corrected chi connectivity index (χ3v) is 4.09. The van der Waals surface area contributed by atoms with Crippen molar-refractivity contribution in [2.24, 2.45) is 0 Å². The molecule has 0 spiro atoms. The second-order valence-corrected chi connectivity index (χ2v) is 5.97. The number of methoxy groups -OCH3 is 1. The van der Waals surface area contributed by atoms with Crippen molar-refractivity contribution in [3.05, 3.63) is 50.3 Å². The van der Waals surface area contributed by atoms with Crippen molar-refractivity contribution in [3.8, 4) is 5.75 Å². The van der Waals surface area contributed by atoms with E-state index in [1.54, 1.807) is 0 Å². The Morgan fingerprint density at radius 2 is 2.00 bits per heavy atom. The number of aromatic amines is 2. The first-order valence-corrected chi connectivity index (χ1v) is 7.38. The van der Waals surface area contributed by atoms with Crippen LogP contribution in [0.1, 0.15) is 0 Å². The number of ether oxygens (including phenoxy) is 1. The second-order valence-electron chi connectivity index (χ2n) is 3.89. The maximum atomic E-state index is 12.2. The van der Waals surface area contributed by atoms with E-state index in [4.69, 9.17) is 16.3 Å². The van der Waals surface area contributed by atoms with Crippen molar-refractivity contribution in [1.29, 1.82) is 0 Å². The lowest BCUT2D eigenvalue weighted by Gasteiger charge is -2.11. The summed E-state index contributed by atoms with van der Waals surface area (Å²) < 4.78 is 31.5. The summed E-state index contributed by atoms with van der Waals surface area (Å²) in [7, 11) is -2.86. The summed E-state index contributed by atoms with van der Waals surface area (Å²) in [6, 6.07) is 4.32. The zero-order valence-electron chi connectivity index (χ0n) is 10.6. The Bertz CT molecular complexity index is 887. The quantitative estimate of drug-likeness (QED) is 0.754. The van der Waals surface area contributed by atoms with E-state index in [2.05, 4.69) is 9.71 Å². The number of hydrogen-bond acceptors (Lipinski definition) is 5. The molecule has 0 saturated heterocycles. The third kappa shape index (κ3) is 3.26. The normalized spacial score (nSPS) is 11.1. The van der Waals surface area contributed by atoms with Crippen LogP contribution in [0.5, 0.6) is 5.75 Å². The van der Waals surface area contributed by atoms with Gasteiger partial charge in [0.1, 0.15) is 5.75 Å². The Kier molecular flexibility index (Phi) is 4.05. The molecule has 0 bridgehead atoms. The molecule has 0 saturated carbocycles. The number of hydrogen-bond donors (Lipinski definition) is 3. The Balaban J connectivity index is 2.49. The third-order valence-electron chi connectivity index (χ3n) is 2.48. The summed E-state index contributed by atoms with van der Waals surface area (Å²) in [5.74, 6) is 0.226. The average molecular weight is 332 g/mol. The number of rotatable bonds is 4. The zero-order chi connectivity index (χ0) is 15.6. The molecule has 0 aliphatic heterocycles. The summed E-state index contributed by atoms with van der Waals surface area (Å²) in [6.45, 7) is 0. The summed E-state index contributed by atoms with van der Waals surface area (Å²) in [5.41, 5.74) is -1.78. The molecule has 0 aliphatic carbocycles. The van der Waals surface area contributed by atoms with Crippen LogP contribution in [0.3, 0.4) is 0 Å². The lowest BCUT2D eigenvalue weighted by molar-refractivity contribution is 0.417. The molecule has 0 radical (unpaired) electrons. The van der Waals surface area contributed by atoms with Gasteiger partial charge in [-0.2, -0.15) is 0 Å². The molecule has 112 valence electrons. The van der Waals surface area contributed by atoms with Gasteiger partial charge < -0.3 is 9.72 Å². The fourth-order valence-electron chi connectivity index (χ4n) is 1.56. The highest BCUT2D eigenvalue weighted by molar-refractivity contribution is 7.92. The van der Waals surface area contributed by atoms with Crippen molar-refractivity contribution in [2.75, 3.05) is 11.8 Å². The highest BCUT2D eigenvalue weighted by Gasteiger charge is 2.20. The number of benzene rings is 1. The molecule has 21 heavy (non-hydrogen) atoms. The highest BCUT2D eigenvalue weighted by atomic mass is 35.5. The fourth-order valence-corrected chi connectivity index (χ4v) is 2.80. The van der Waals surface area contributed by atoms with Crippen molar-refractivity contribution in [3.63, 3.8) is 0 Å². The molecule has 1 aromatic heterocycles. The van der Waals surface area contributed by atoms with Crippen LogP contribution in [-0.2, 0) is 10.0 Å². The van der Waals surface area contributed by atoms with Crippen molar-refractivity contribution in [2.45, 2.75) is 4.90 Å².